The summed E-state index contributed by atoms with van der Waals surface area (Å²) in [6.45, 7) is 5.12. The van der Waals surface area contributed by atoms with Crippen LogP contribution in [0.15, 0.2) is 36.7 Å². The molecular formula is C16H22N4. The van der Waals surface area contributed by atoms with Crippen LogP contribution in [-0.4, -0.2) is 27.0 Å². The van der Waals surface area contributed by atoms with E-state index in [-0.39, 0.29) is 0 Å². The van der Waals surface area contributed by atoms with Gasteiger partial charge >= 0.3 is 0 Å². The minimum Gasteiger partial charge on any atom is -0.399 e. The van der Waals surface area contributed by atoms with Gasteiger partial charge in [0, 0.05) is 43.8 Å². The molecule has 20 heavy (non-hydrogen) atoms. The minimum absolute atomic E-state index is 0.750. The van der Waals surface area contributed by atoms with Crippen LogP contribution in [0.3, 0.4) is 0 Å². The monoisotopic (exact) mass is 270 g/mol. The molecule has 0 aliphatic heterocycles. The molecule has 1 aromatic heterocycles. The molecule has 1 aliphatic carbocycles. The Morgan fingerprint density at radius 2 is 2.25 bits per heavy atom. The van der Waals surface area contributed by atoms with Gasteiger partial charge in [0.2, 0.25) is 0 Å². The second-order valence-electron chi connectivity index (χ2n) is 5.61. The molecular weight excluding hydrogens is 248 g/mol. The molecule has 0 unspecified atom stereocenters. The van der Waals surface area contributed by atoms with E-state index in [2.05, 4.69) is 39.7 Å². The van der Waals surface area contributed by atoms with Crippen molar-refractivity contribution in [2.45, 2.75) is 38.9 Å². The number of benzene rings is 1. The van der Waals surface area contributed by atoms with Crippen molar-refractivity contribution in [1.82, 2.24) is 14.5 Å². The van der Waals surface area contributed by atoms with Crippen LogP contribution in [0, 0.1) is 6.92 Å². The molecule has 0 amide bonds. The van der Waals surface area contributed by atoms with Crippen LogP contribution in [0.1, 0.15) is 24.2 Å². The van der Waals surface area contributed by atoms with Crippen molar-refractivity contribution < 1.29 is 0 Å². The number of nitrogens with zero attached hydrogens (tertiary/aromatic N) is 3. The number of aryl methyl sites for hydroxylation is 1. The summed E-state index contributed by atoms with van der Waals surface area (Å²) in [6.07, 6.45) is 6.58. The molecule has 0 bridgehead atoms. The second-order valence-corrected chi connectivity index (χ2v) is 5.61. The number of rotatable bonds is 6. The zero-order valence-corrected chi connectivity index (χ0v) is 12.0. The number of hydrogen-bond donors (Lipinski definition) is 1. The van der Waals surface area contributed by atoms with Gasteiger partial charge in [-0.3, -0.25) is 4.90 Å². The topological polar surface area (TPSA) is 47.1 Å². The summed E-state index contributed by atoms with van der Waals surface area (Å²) < 4.78 is 2.22. The van der Waals surface area contributed by atoms with E-state index in [1.54, 1.807) is 0 Å². The maximum absolute atomic E-state index is 5.87. The molecule has 1 heterocycles. The van der Waals surface area contributed by atoms with Crippen LogP contribution in [0.5, 0.6) is 0 Å². The smallest absolute Gasteiger partial charge is 0.105 e. The van der Waals surface area contributed by atoms with E-state index in [1.165, 1.54) is 18.4 Å². The van der Waals surface area contributed by atoms with Crippen LogP contribution in [0.2, 0.25) is 0 Å². The van der Waals surface area contributed by atoms with E-state index in [4.69, 9.17) is 5.73 Å². The number of anilines is 1. The number of hydrogen-bond acceptors (Lipinski definition) is 3. The fraction of sp³-hybridized carbons (Fsp3) is 0.438. The summed E-state index contributed by atoms with van der Waals surface area (Å²) in [5.41, 5.74) is 8.02. The zero-order chi connectivity index (χ0) is 13.9. The highest BCUT2D eigenvalue weighted by Crippen LogP contribution is 2.28. The fourth-order valence-electron chi connectivity index (χ4n) is 2.63. The highest BCUT2D eigenvalue weighted by atomic mass is 15.2. The van der Waals surface area contributed by atoms with Gasteiger partial charge in [-0.05, 0) is 37.5 Å². The third kappa shape index (κ3) is 3.20. The second kappa shape index (κ2) is 5.67. The molecule has 0 spiro atoms. The molecule has 1 aromatic carbocycles. The lowest BCUT2D eigenvalue weighted by molar-refractivity contribution is 0.243. The van der Waals surface area contributed by atoms with Crippen molar-refractivity contribution in [3.8, 4) is 0 Å². The molecule has 0 radical (unpaired) electrons. The first-order valence-electron chi connectivity index (χ1n) is 7.28. The molecule has 1 aliphatic rings. The van der Waals surface area contributed by atoms with Gasteiger partial charge in [-0.2, -0.15) is 0 Å². The van der Waals surface area contributed by atoms with E-state index in [9.17, 15) is 0 Å². The van der Waals surface area contributed by atoms with Gasteiger partial charge in [0.05, 0.1) is 0 Å². The van der Waals surface area contributed by atoms with Gasteiger partial charge in [-0.25, -0.2) is 4.98 Å². The molecule has 0 atom stereocenters. The molecule has 1 saturated carbocycles. The Morgan fingerprint density at radius 3 is 2.90 bits per heavy atom. The lowest BCUT2D eigenvalue weighted by atomic mass is 10.2. The van der Waals surface area contributed by atoms with Crippen molar-refractivity contribution >= 4 is 5.69 Å². The predicted molar refractivity (Wildman–Crippen MR) is 81.3 cm³/mol. The summed E-state index contributed by atoms with van der Waals surface area (Å²) in [5, 5.41) is 0. The van der Waals surface area contributed by atoms with Crippen LogP contribution >= 0.6 is 0 Å². The Bertz CT molecular complexity index is 571. The molecule has 0 saturated heterocycles. The van der Waals surface area contributed by atoms with Gasteiger partial charge < -0.3 is 10.3 Å². The Labute approximate surface area is 120 Å². The molecule has 2 aromatic rings. The molecule has 3 rings (SSSR count). The Hall–Kier alpha value is -1.81. The number of aromatic nitrogens is 2. The lowest BCUT2D eigenvalue weighted by Crippen LogP contribution is -2.29. The summed E-state index contributed by atoms with van der Waals surface area (Å²) in [5.74, 6) is 1.09. The standard InChI is InChI=1S/C16H22N4/c1-13-18-7-8-19(13)9-10-20(16-5-6-16)12-14-3-2-4-15(17)11-14/h2-4,7-8,11,16H,5-6,9-10,12,17H2,1H3. The molecule has 1 fully saturated rings. The maximum Gasteiger partial charge on any atom is 0.105 e. The number of nitrogens with two attached hydrogens (primary N) is 1. The first-order valence-corrected chi connectivity index (χ1v) is 7.28. The SMILES string of the molecule is Cc1nccn1CCN(Cc1cccc(N)c1)C1CC1. The normalized spacial score (nSPS) is 14.9. The largest absolute Gasteiger partial charge is 0.399 e. The van der Waals surface area contributed by atoms with Gasteiger partial charge in [-0.15, -0.1) is 0 Å². The van der Waals surface area contributed by atoms with E-state index < -0.39 is 0 Å². The molecule has 4 nitrogen and oxygen atoms in total. The molecule has 4 heteroatoms. The van der Waals surface area contributed by atoms with Gasteiger partial charge in [0.15, 0.2) is 0 Å². The summed E-state index contributed by atoms with van der Waals surface area (Å²) in [4.78, 5) is 6.84. The van der Waals surface area contributed by atoms with E-state index in [1.807, 2.05) is 18.3 Å². The van der Waals surface area contributed by atoms with Gasteiger partial charge in [0.25, 0.3) is 0 Å². The summed E-state index contributed by atoms with van der Waals surface area (Å²) in [6, 6.07) is 8.97. The van der Waals surface area contributed by atoms with Crippen molar-refractivity contribution in [3.05, 3.63) is 48.0 Å². The number of imidazole rings is 1. The third-order valence-corrected chi connectivity index (χ3v) is 3.95. The summed E-state index contributed by atoms with van der Waals surface area (Å²) in [7, 11) is 0. The number of nitrogen functional groups attached to an aromatic ring is 1. The van der Waals surface area contributed by atoms with Crippen molar-refractivity contribution in [1.29, 1.82) is 0 Å². The lowest BCUT2D eigenvalue weighted by Gasteiger charge is -2.22. The first kappa shape index (κ1) is 13.2. The predicted octanol–water partition coefficient (Wildman–Crippen LogP) is 2.44. The Balaban J connectivity index is 1.63. The van der Waals surface area contributed by atoms with Crippen molar-refractivity contribution in [2.24, 2.45) is 0 Å². The quantitative estimate of drug-likeness (QED) is 0.820. The van der Waals surface area contributed by atoms with Gasteiger partial charge in [-0.1, -0.05) is 12.1 Å². The first-order chi connectivity index (χ1) is 9.72. The van der Waals surface area contributed by atoms with Crippen molar-refractivity contribution in [3.63, 3.8) is 0 Å². The Morgan fingerprint density at radius 1 is 1.40 bits per heavy atom. The average molecular weight is 270 g/mol. The summed E-state index contributed by atoms with van der Waals surface area (Å²) >= 11 is 0. The fourth-order valence-corrected chi connectivity index (χ4v) is 2.63. The minimum atomic E-state index is 0.750. The van der Waals surface area contributed by atoms with Crippen molar-refractivity contribution in [2.75, 3.05) is 12.3 Å². The van der Waals surface area contributed by atoms with E-state index in [0.717, 1.165) is 37.2 Å². The third-order valence-electron chi connectivity index (χ3n) is 3.95. The molecule has 106 valence electrons. The zero-order valence-electron chi connectivity index (χ0n) is 12.0. The van der Waals surface area contributed by atoms with E-state index in [0.29, 0.717) is 0 Å². The highest BCUT2D eigenvalue weighted by Gasteiger charge is 2.28. The van der Waals surface area contributed by atoms with Gasteiger partial charge in [0.1, 0.15) is 5.82 Å². The average Bonchev–Trinajstić information content (AvgIpc) is 3.18. The van der Waals surface area contributed by atoms with Crippen LogP contribution in [-0.2, 0) is 13.1 Å². The Kier molecular flexibility index (Phi) is 3.74. The maximum atomic E-state index is 5.87. The highest BCUT2D eigenvalue weighted by molar-refractivity contribution is 5.40. The molecule has 2 N–H and O–H groups in total. The van der Waals surface area contributed by atoms with Crippen LogP contribution in [0.4, 0.5) is 5.69 Å². The van der Waals surface area contributed by atoms with E-state index >= 15 is 0 Å². The van der Waals surface area contributed by atoms with Crippen LogP contribution in [0.25, 0.3) is 0 Å². The van der Waals surface area contributed by atoms with Crippen LogP contribution < -0.4 is 5.73 Å².